The number of para-hydroxylation sites is 1. The van der Waals surface area contributed by atoms with Gasteiger partial charge < -0.3 is 9.32 Å². The molecule has 69 heavy (non-hydrogen) atoms. The van der Waals surface area contributed by atoms with E-state index in [1.54, 1.807) is 0 Å². The van der Waals surface area contributed by atoms with Crippen molar-refractivity contribution in [3.8, 4) is 66.8 Å². The van der Waals surface area contributed by atoms with Crippen molar-refractivity contribution in [3.05, 3.63) is 283 Å². The van der Waals surface area contributed by atoms with Gasteiger partial charge in [-0.3, -0.25) is 0 Å². The van der Waals surface area contributed by atoms with Crippen LogP contribution in [0, 0.1) is 0 Å². The van der Waals surface area contributed by atoms with Gasteiger partial charge in [-0.2, -0.15) is 0 Å². The Hall–Kier alpha value is -8.98. The van der Waals surface area contributed by atoms with Gasteiger partial charge in [-0.25, -0.2) is 0 Å². The van der Waals surface area contributed by atoms with E-state index in [2.05, 4.69) is 266 Å². The first-order valence-corrected chi connectivity index (χ1v) is 23.8. The summed E-state index contributed by atoms with van der Waals surface area (Å²) in [6.45, 7) is 0. The van der Waals surface area contributed by atoms with Crippen LogP contribution in [-0.4, -0.2) is 0 Å². The Morgan fingerprint density at radius 1 is 0.246 bits per heavy atom. The lowest BCUT2D eigenvalue weighted by atomic mass is 9.65. The molecule has 0 saturated heterocycles. The fraction of sp³-hybridized carbons (Fsp3) is 0.0149. The van der Waals surface area contributed by atoms with E-state index >= 15 is 0 Å². The predicted molar refractivity (Wildman–Crippen MR) is 286 cm³/mol. The van der Waals surface area contributed by atoms with E-state index in [0.29, 0.717) is 0 Å². The smallest absolute Gasteiger partial charge is 0.135 e. The van der Waals surface area contributed by atoms with Crippen molar-refractivity contribution >= 4 is 39.0 Å². The average Bonchev–Trinajstić information content (AvgIpc) is 3.91. The zero-order valence-corrected chi connectivity index (χ0v) is 37.7. The van der Waals surface area contributed by atoms with E-state index in [4.69, 9.17) is 4.42 Å². The minimum absolute atomic E-state index is 0.532. The quantitative estimate of drug-likeness (QED) is 0.165. The van der Waals surface area contributed by atoms with Crippen LogP contribution in [-0.2, 0) is 5.41 Å². The van der Waals surface area contributed by atoms with Gasteiger partial charge in [0.15, 0.2) is 0 Å². The van der Waals surface area contributed by atoms with E-state index in [1.165, 1.54) is 72.3 Å². The maximum atomic E-state index is 6.54. The van der Waals surface area contributed by atoms with Gasteiger partial charge in [0.25, 0.3) is 0 Å². The third-order valence-corrected chi connectivity index (χ3v) is 14.7. The summed E-state index contributed by atoms with van der Waals surface area (Å²) in [5.74, 6) is 0. The van der Waals surface area contributed by atoms with E-state index < -0.39 is 5.41 Å². The second-order valence-corrected chi connectivity index (χ2v) is 18.3. The topological polar surface area (TPSA) is 16.4 Å². The molecule has 0 unspecified atom stereocenters. The van der Waals surface area contributed by atoms with E-state index in [0.717, 1.165) is 55.7 Å². The number of hydrogen-bond donors (Lipinski definition) is 0. The highest BCUT2D eigenvalue weighted by Crippen LogP contribution is 2.62. The van der Waals surface area contributed by atoms with Crippen LogP contribution in [0.1, 0.15) is 22.3 Å². The number of furan rings is 1. The van der Waals surface area contributed by atoms with Gasteiger partial charge in [0, 0.05) is 27.8 Å². The van der Waals surface area contributed by atoms with Crippen molar-refractivity contribution in [2.24, 2.45) is 0 Å². The molecular formula is C67H43NO. The molecule has 2 nitrogen and oxygen atoms in total. The van der Waals surface area contributed by atoms with Crippen LogP contribution in [0.15, 0.2) is 265 Å². The highest BCUT2D eigenvalue weighted by molar-refractivity contribution is 6.08. The maximum Gasteiger partial charge on any atom is 0.135 e. The molecule has 0 amide bonds. The summed E-state index contributed by atoms with van der Waals surface area (Å²) in [5.41, 5.74) is 24.5. The largest absolute Gasteiger partial charge is 0.456 e. The lowest BCUT2D eigenvalue weighted by Crippen LogP contribution is -2.29. The highest BCUT2D eigenvalue weighted by Gasteiger charge is 2.49. The summed E-state index contributed by atoms with van der Waals surface area (Å²) < 4.78 is 6.54. The monoisotopic (exact) mass is 877 g/mol. The Labute approximate surface area is 401 Å². The van der Waals surface area contributed by atoms with Crippen molar-refractivity contribution in [2.45, 2.75) is 5.41 Å². The SMILES string of the molecule is c1ccc(-c2ccc(N(c3ccccc3)c3ccc(-c4ccc5oc6ccc(-c7ccc8c(c7)C7(c9ccccc9-c9ccccc9-c9ccccc97)c7ccccc7-8)cc6c5c4)cc3)cc2)cc1. The number of anilines is 3. The normalized spacial score (nSPS) is 12.8. The highest BCUT2D eigenvalue weighted by atomic mass is 16.3. The van der Waals surface area contributed by atoms with Gasteiger partial charge in [-0.05, 0) is 156 Å². The minimum Gasteiger partial charge on any atom is -0.456 e. The third kappa shape index (κ3) is 6.06. The molecule has 0 saturated carbocycles. The van der Waals surface area contributed by atoms with Crippen molar-refractivity contribution in [3.63, 3.8) is 0 Å². The number of hydrogen-bond acceptors (Lipinski definition) is 2. The lowest BCUT2D eigenvalue weighted by molar-refractivity contribution is 0.669. The molecule has 2 aliphatic carbocycles. The first-order chi connectivity index (χ1) is 34.2. The third-order valence-electron chi connectivity index (χ3n) is 14.7. The Morgan fingerprint density at radius 2 is 0.594 bits per heavy atom. The fourth-order valence-electron chi connectivity index (χ4n) is 11.6. The zero-order valence-electron chi connectivity index (χ0n) is 37.7. The molecule has 2 aliphatic rings. The average molecular weight is 878 g/mol. The first kappa shape index (κ1) is 39.2. The summed E-state index contributed by atoms with van der Waals surface area (Å²) in [7, 11) is 0. The molecule has 0 aliphatic heterocycles. The van der Waals surface area contributed by atoms with Crippen molar-refractivity contribution in [1.82, 2.24) is 0 Å². The second-order valence-electron chi connectivity index (χ2n) is 18.3. The summed E-state index contributed by atoms with van der Waals surface area (Å²) in [6.07, 6.45) is 0. The van der Waals surface area contributed by atoms with Crippen molar-refractivity contribution < 1.29 is 4.42 Å². The number of rotatable bonds is 6. The zero-order chi connectivity index (χ0) is 45.5. The maximum absolute atomic E-state index is 6.54. The predicted octanol–water partition coefficient (Wildman–Crippen LogP) is 18.1. The van der Waals surface area contributed by atoms with Crippen molar-refractivity contribution in [2.75, 3.05) is 4.90 Å². The molecule has 2 heteroatoms. The number of fused-ring (bicyclic) bond motifs is 15. The molecule has 0 atom stereocenters. The van der Waals surface area contributed by atoms with Gasteiger partial charge in [-0.1, -0.05) is 194 Å². The minimum atomic E-state index is -0.532. The van der Waals surface area contributed by atoms with Crippen LogP contribution >= 0.6 is 0 Å². The molecule has 0 N–H and O–H groups in total. The molecule has 12 aromatic rings. The lowest BCUT2D eigenvalue weighted by Gasteiger charge is -2.35. The van der Waals surface area contributed by atoms with Gasteiger partial charge in [0.1, 0.15) is 11.2 Å². The second kappa shape index (κ2) is 15.6. The summed E-state index contributed by atoms with van der Waals surface area (Å²) >= 11 is 0. The van der Waals surface area contributed by atoms with Crippen LogP contribution in [0.25, 0.3) is 88.7 Å². The van der Waals surface area contributed by atoms with Crippen molar-refractivity contribution in [1.29, 1.82) is 0 Å². The van der Waals surface area contributed by atoms with E-state index in [9.17, 15) is 0 Å². The molecule has 11 aromatic carbocycles. The molecular weight excluding hydrogens is 835 g/mol. The van der Waals surface area contributed by atoms with E-state index in [1.807, 2.05) is 0 Å². The number of benzene rings is 11. The van der Waals surface area contributed by atoms with Gasteiger partial charge >= 0.3 is 0 Å². The van der Waals surface area contributed by atoms with E-state index in [-0.39, 0.29) is 0 Å². The molecule has 0 bridgehead atoms. The van der Waals surface area contributed by atoms with Crippen LogP contribution in [0.3, 0.4) is 0 Å². The van der Waals surface area contributed by atoms with Crippen LogP contribution in [0.4, 0.5) is 17.1 Å². The van der Waals surface area contributed by atoms with Gasteiger partial charge in [0.2, 0.25) is 0 Å². The molecule has 1 aromatic heterocycles. The first-order valence-electron chi connectivity index (χ1n) is 23.8. The molecule has 0 radical (unpaired) electrons. The van der Waals surface area contributed by atoms with Crippen LogP contribution < -0.4 is 4.90 Å². The molecule has 14 rings (SSSR count). The standard InChI is InChI=1S/C67H43NO/c1-3-15-44(16-4-1)45-27-34-51(35-28-45)68(50-17-5-2-6-18-50)52-36-29-46(30-37-52)47-32-39-65-59(41-47)60-42-48(33-40-66(60)69-65)49-31-38-58-57-23-11-14-26-63(57)67(64(58)43-49)61-24-12-9-21-55(61)53-19-7-8-20-54(53)56-22-10-13-25-62(56)67/h1-43H. The molecule has 1 heterocycles. The van der Waals surface area contributed by atoms with Gasteiger partial charge in [-0.15, -0.1) is 0 Å². The Kier molecular flexibility index (Phi) is 8.84. The van der Waals surface area contributed by atoms with Crippen LogP contribution in [0.5, 0.6) is 0 Å². The van der Waals surface area contributed by atoms with Gasteiger partial charge in [0.05, 0.1) is 5.41 Å². The Bertz CT molecular complexity index is 3870. The summed E-state index contributed by atoms with van der Waals surface area (Å²) in [4.78, 5) is 2.32. The van der Waals surface area contributed by atoms with Crippen LogP contribution in [0.2, 0.25) is 0 Å². The molecule has 1 spiro atoms. The Balaban J connectivity index is 0.863. The number of nitrogens with zero attached hydrogens (tertiary/aromatic N) is 1. The summed E-state index contributed by atoms with van der Waals surface area (Å²) in [6, 6.07) is 95.5. The Morgan fingerprint density at radius 3 is 1.13 bits per heavy atom. The molecule has 322 valence electrons. The summed E-state index contributed by atoms with van der Waals surface area (Å²) in [5, 5.41) is 2.21. The fourth-order valence-corrected chi connectivity index (χ4v) is 11.6. The molecule has 0 fully saturated rings.